The van der Waals surface area contributed by atoms with Crippen LogP contribution in [0.15, 0.2) is 48.5 Å². The van der Waals surface area contributed by atoms with E-state index in [1.807, 2.05) is 12.1 Å². The highest BCUT2D eigenvalue weighted by molar-refractivity contribution is 5.72. The highest BCUT2D eigenvalue weighted by Crippen LogP contribution is 2.38. The standard InChI is InChI=1S/C26H24F4O/c1-15-3-5-16(6-4-15)17-7-9-18(10-8-17)19-11-12-20(24(28)23(19)27)21-13-14-22(31-2)26(30)25(21)29/h7-16H,3-6H2,1-2H3. The van der Waals surface area contributed by atoms with E-state index in [0.717, 1.165) is 18.8 Å². The molecule has 0 heterocycles. The molecule has 0 unspecified atom stereocenters. The first-order chi connectivity index (χ1) is 14.9. The van der Waals surface area contributed by atoms with Crippen LogP contribution in [0.4, 0.5) is 17.6 Å². The van der Waals surface area contributed by atoms with E-state index in [9.17, 15) is 17.6 Å². The smallest absolute Gasteiger partial charge is 0.201 e. The van der Waals surface area contributed by atoms with Crippen LogP contribution in [-0.2, 0) is 0 Å². The molecular formula is C26H24F4O. The van der Waals surface area contributed by atoms with Gasteiger partial charge in [0.1, 0.15) is 0 Å². The van der Waals surface area contributed by atoms with Gasteiger partial charge in [-0.3, -0.25) is 0 Å². The average molecular weight is 428 g/mol. The normalized spacial score (nSPS) is 18.8. The minimum absolute atomic E-state index is 0.0828. The van der Waals surface area contributed by atoms with E-state index in [0.29, 0.717) is 11.5 Å². The number of methoxy groups -OCH3 is 1. The van der Waals surface area contributed by atoms with Gasteiger partial charge in [0, 0.05) is 16.7 Å². The second-order valence-electron chi connectivity index (χ2n) is 8.31. The molecule has 1 aliphatic rings. The van der Waals surface area contributed by atoms with Crippen LogP contribution >= 0.6 is 0 Å². The maximum atomic E-state index is 14.9. The van der Waals surface area contributed by atoms with Gasteiger partial charge in [-0.2, -0.15) is 4.39 Å². The number of rotatable bonds is 4. The number of hydrogen-bond donors (Lipinski definition) is 0. The maximum Gasteiger partial charge on any atom is 0.201 e. The van der Waals surface area contributed by atoms with E-state index in [1.54, 1.807) is 12.1 Å². The van der Waals surface area contributed by atoms with Gasteiger partial charge in [-0.25, -0.2) is 13.2 Å². The lowest BCUT2D eigenvalue weighted by atomic mass is 9.79. The van der Waals surface area contributed by atoms with E-state index in [-0.39, 0.29) is 22.4 Å². The lowest BCUT2D eigenvalue weighted by Crippen LogP contribution is -2.10. The molecule has 1 saturated carbocycles. The zero-order valence-electron chi connectivity index (χ0n) is 17.5. The predicted molar refractivity (Wildman–Crippen MR) is 114 cm³/mol. The molecule has 0 aliphatic heterocycles. The van der Waals surface area contributed by atoms with Gasteiger partial charge in [-0.15, -0.1) is 0 Å². The molecule has 162 valence electrons. The van der Waals surface area contributed by atoms with Crippen molar-refractivity contribution in [2.75, 3.05) is 7.11 Å². The number of halogens is 4. The molecule has 3 aromatic rings. The number of benzene rings is 3. The van der Waals surface area contributed by atoms with Crippen molar-refractivity contribution in [3.63, 3.8) is 0 Å². The highest BCUT2D eigenvalue weighted by atomic mass is 19.2. The van der Waals surface area contributed by atoms with E-state index in [2.05, 4.69) is 6.92 Å². The molecule has 0 radical (unpaired) electrons. The molecule has 0 spiro atoms. The second-order valence-corrected chi connectivity index (χ2v) is 8.31. The average Bonchev–Trinajstić information content (AvgIpc) is 2.79. The Morgan fingerprint density at radius 1 is 0.645 bits per heavy atom. The summed E-state index contributed by atoms with van der Waals surface area (Å²) >= 11 is 0. The van der Waals surface area contributed by atoms with E-state index < -0.39 is 23.3 Å². The fourth-order valence-electron chi connectivity index (χ4n) is 4.41. The Morgan fingerprint density at radius 2 is 1.16 bits per heavy atom. The first-order valence-electron chi connectivity index (χ1n) is 10.5. The Morgan fingerprint density at radius 3 is 1.77 bits per heavy atom. The van der Waals surface area contributed by atoms with Crippen molar-refractivity contribution in [3.8, 4) is 28.0 Å². The summed E-state index contributed by atoms with van der Waals surface area (Å²) in [4.78, 5) is 0. The van der Waals surface area contributed by atoms with Crippen LogP contribution in [0.2, 0.25) is 0 Å². The quantitative estimate of drug-likeness (QED) is 0.384. The topological polar surface area (TPSA) is 9.23 Å². The monoisotopic (exact) mass is 428 g/mol. The van der Waals surface area contributed by atoms with Gasteiger partial charge in [0.05, 0.1) is 7.11 Å². The van der Waals surface area contributed by atoms with Gasteiger partial charge in [0.15, 0.2) is 23.2 Å². The zero-order valence-corrected chi connectivity index (χ0v) is 17.5. The van der Waals surface area contributed by atoms with Crippen molar-refractivity contribution in [2.45, 2.75) is 38.5 Å². The van der Waals surface area contributed by atoms with Gasteiger partial charge in [-0.05, 0) is 47.9 Å². The molecule has 0 saturated heterocycles. The molecule has 4 rings (SSSR count). The van der Waals surface area contributed by atoms with Gasteiger partial charge in [0.2, 0.25) is 5.82 Å². The molecule has 0 atom stereocenters. The molecule has 0 amide bonds. The van der Waals surface area contributed by atoms with Crippen molar-refractivity contribution in [3.05, 3.63) is 77.4 Å². The maximum absolute atomic E-state index is 14.9. The van der Waals surface area contributed by atoms with Crippen molar-refractivity contribution in [1.29, 1.82) is 0 Å². The molecule has 1 nitrogen and oxygen atoms in total. The van der Waals surface area contributed by atoms with Crippen LogP contribution in [0.1, 0.15) is 44.1 Å². The molecular weight excluding hydrogens is 404 g/mol. The Kier molecular flexibility index (Phi) is 6.03. The Bertz CT molecular complexity index is 1080. The first-order valence-corrected chi connectivity index (χ1v) is 10.5. The van der Waals surface area contributed by atoms with Crippen molar-refractivity contribution < 1.29 is 22.3 Å². The SMILES string of the molecule is COc1ccc(-c2ccc(-c3ccc(C4CCC(C)CC4)cc3)c(F)c2F)c(F)c1F. The fraction of sp³-hybridized carbons (Fsp3) is 0.308. The number of ether oxygens (including phenoxy) is 1. The van der Waals surface area contributed by atoms with E-state index in [4.69, 9.17) is 4.74 Å². The first kappa shape index (κ1) is 21.4. The predicted octanol–water partition coefficient (Wildman–Crippen LogP) is 7.88. The van der Waals surface area contributed by atoms with Crippen LogP contribution in [0.5, 0.6) is 5.75 Å². The summed E-state index contributed by atoms with van der Waals surface area (Å²) in [7, 11) is 1.20. The molecule has 0 bridgehead atoms. The summed E-state index contributed by atoms with van der Waals surface area (Å²) in [6, 6.07) is 12.6. The third-order valence-electron chi connectivity index (χ3n) is 6.35. The lowest BCUT2D eigenvalue weighted by molar-refractivity contribution is 0.348. The zero-order chi connectivity index (χ0) is 22.1. The molecule has 0 N–H and O–H groups in total. The molecule has 31 heavy (non-hydrogen) atoms. The number of hydrogen-bond acceptors (Lipinski definition) is 1. The van der Waals surface area contributed by atoms with Gasteiger partial charge in [0.25, 0.3) is 0 Å². The second kappa shape index (κ2) is 8.74. The van der Waals surface area contributed by atoms with Crippen LogP contribution in [0, 0.1) is 29.2 Å². The van der Waals surface area contributed by atoms with Crippen LogP contribution < -0.4 is 4.74 Å². The molecule has 1 fully saturated rings. The largest absolute Gasteiger partial charge is 0.494 e. The van der Waals surface area contributed by atoms with E-state index >= 15 is 0 Å². The Balaban J connectivity index is 1.64. The fourth-order valence-corrected chi connectivity index (χ4v) is 4.41. The van der Waals surface area contributed by atoms with Gasteiger partial charge in [-0.1, -0.05) is 56.2 Å². The molecule has 1 aliphatic carbocycles. The van der Waals surface area contributed by atoms with Crippen LogP contribution in [0.25, 0.3) is 22.3 Å². The summed E-state index contributed by atoms with van der Waals surface area (Å²) in [5.41, 5.74) is 1.14. The Hall–Kier alpha value is -2.82. The third-order valence-corrected chi connectivity index (χ3v) is 6.35. The highest BCUT2D eigenvalue weighted by Gasteiger charge is 2.22. The lowest BCUT2D eigenvalue weighted by Gasteiger charge is -2.26. The molecule has 3 aromatic carbocycles. The van der Waals surface area contributed by atoms with Crippen LogP contribution in [-0.4, -0.2) is 7.11 Å². The molecule has 5 heteroatoms. The van der Waals surface area contributed by atoms with E-state index in [1.165, 1.54) is 49.8 Å². The summed E-state index contributed by atoms with van der Waals surface area (Å²) in [6.45, 7) is 2.27. The third kappa shape index (κ3) is 4.06. The summed E-state index contributed by atoms with van der Waals surface area (Å²) in [5.74, 6) is -3.87. The minimum Gasteiger partial charge on any atom is -0.494 e. The van der Waals surface area contributed by atoms with Crippen molar-refractivity contribution in [2.24, 2.45) is 5.92 Å². The summed E-state index contributed by atoms with van der Waals surface area (Å²) in [6.07, 6.45) is 4.69. The van der Waals surface area contributed by atoms with Crippen LogP contribution in [0.3, 0.4) is 0 Å². The Labute approximate surface area is 179 Å². The van der Waals surface area contributed by atoms with Gasteiger partial charge < -0.3 is 4.74 Å². The summed E-state index contributed by atoms with van der Waals surface area (Å²) < 4.78 is 62.8. The van der Waals surface area contributed by atoms with Crippen molar-refractivity contribution in [1.82, 2.24) is 0 Å². The van der Waals surface area contributed by atoms with Gasteiger partial charge >= 0.3 is 0 Å². The molecule has 0 aromatic heterocycles. The van der Waals surface area contributed by atoms with Crippen molar-refractivity contribution >= 4 is 0 Å². The minimum atomic E-state index is -1.28. The summed E-state index contributed by atoms with van der Waals surface area (Å²) in [5, 5.41) is 0.